The highest BCUT2D eigenvalue weighted by molar-refractivity contribution is 5.77. The summed E-state index contributed by atoms with van der Waals surface area (Å²) in [6.07, 6.45) is 0. The first kappa shape index (κ1) is 13.2. The van der Waals surface area contributed by atoms with Gasteiger partial charge in [0.1, 0.15) is 6.54 Å². The molecule has 2 aromatic rings. The maximum absolute atomic E-state index is 12.4. The Kier molecular flexibility index (Phi) is 3.89. The maximum Gasteiger partial charge on any atom is 0.367 e. The average Bonchev–Trinajstić information content (AvgIpc) is 2.42. The van der Waals surface area contributed by atoms with Crippen molar-refractivity contribution in [1.82, 2.24) is 9.66 Å². The van der Waals surface area contributed by atoms with E-state index in [4.69, 9.17) is 0 Å². The van der Waals surface area contributed by atoms with Gasteiger partial charge >= 0.3 is 5.56 Å². The molecule has 0 bridgehead atoms. The lowest BCUT2D eigenvalue weighted by Gasteiger charge is -2.07. The predicted octanol–water partition coefficient (Wildman–Crippen LogP) is 1.67. The minimum Gasteiger partial charge on any atom is -0.238 e. The molecule has 0 radical (unpaired) electrons. The zero-order valence-corrected chi connectivity index (χ0v) is 11.4. The number of hydrogen-bond donors (Lipinski definition) is 1. The first-order valence-corrected chi connectivity index (χ1v) is 6.37. The summed E-state index contributed by atoms with van der Waals surface area (Å²) in [5.74, 6) is 0.605. The Labute approximate surface area is 111 Å². The summed E-state index contributed by atoms with van der Waals surface area (Å²) in [7, 11) is 0. The number of azo groups is 1. The summed E-state index contributed by atoms with van der Waals surface area (Å²) in [5, 5.41) is 4.83. The van der Waals surface area contributed by atoms with Crippen LogP contribution in [0.5, 0.6) is 0 Å². The molecule has 1 N–H and O–H groups in total. The van der Waals surface area contributed by atoms with Crippen molar-refractivity contribution in [3.8, 4) is 0 Å². The summed E-state index contributed by atoms with van der Waals surface area (Å²) < 4.78 is 1.42. The molecule has 0 aliphatic carbocycles. The van der Waals surface area contributed by atoms with Gasteiger partial charge in [0.15, 0.2) is 0 Å². The van der Waals surface area contributed by atoms with E-state index in [0.717, 1.165) is 0 Å². The second kappa shape index (κ2) is 5.60. The smallest absolute Gasteiger partial charge is 0.238 e. The van der Waals surface area contributed by atoms with Crippen LogP contribution in [0.3, 0.4) is 0 Å². The third-order valence-corrected chi connectivity index (χ3v) is 2.77. The lowest BCUT2D eigenvalue weighted by Crippen LogP contribution is -2.37. The fraction of sp³-hybridized carbons (Fsp3) is 0.385. The van der Waals surface area contributed by atoms with Crippen LogP contribution in [-0.4, -0.2) is 27.6 Å². The highest BCUT2D eigenvalue weighted by atomic mass is 16.1. The summed E-state index contributed by atoms with van der Waals surface area (Å²) in [6.45, 7) is 7.00. The maximum atomic E-state index is 12.4. The Morgan fingerprint density at radius 1 is 1.37 bits per heavy atom. The Balaban J connectivity index is 2.55. The van der Waals surface area contributed by atoms with E-state index in [1.54, 1.807) is 17.8 Å². The molecule has 0 amide bonds. The topological polar surface area (TPSA) is 62.3 Å². The second-order valence-electron chi connectivity index (χ2n) is 4.09. The van der Waals surface area contributed by atoms with Crippen molar-refractivity contribution >= 4 is 10.9 Å². The van der Waals surface area contributed by atoms with E-state index >= 15 is 0 Å². The fourth-order valence-electron chi connectivity index (χ4n) is 1.85. The molecule has 0 unspecified atom stereocenters. The molecule has 6 heteroatoms. The SMILES string of the molecule is CCN=[N+](CC)Nn1c(C)nc2ccccc2c1=O. The van der Waals surface area contributed by atoms with Crippen LogP contribution < -0.4 is 11.1 Å². The number of nitrogens with one attached hydrogen (secondary N) is 1. The number of aromatic nitrogens is 2. The molecule has 1 aromatic carbocycles. The van der Waals surface area contributed by atoms with E-state index in [2.05, 4.69) is 15.6 Å². The van der Waals surface area contributed by atoms with Gasteiger partial charge in [-0.15, -0.1) is 5.11 Å². The second-order valence-corrected chi connectivity index (χ2v) is 4.09. The van der Waals surface area contributed by atoms with Crippen LogP contribution in [0.15, 0.2) is 34.2 Å². The van der Waals surface area contributed by atoms with Crippen LogP contribution in [-0.2, 0) is 0 Å². The van der Waals surface area contributed by atoms with Crippen LogP contribution in [0, 0.1) is 6.92 Å². The van der Waals surface area contributed by atoms with Gasteiger partial charge in [-0.3, -0.25) is 0 Å². The number of fused-ring (bicyclic) bond motifs is 1. The minimum absolute atomic E-state index is 0.118. The first-order chi connectivity index (χ1) is 9.17. The van der Waals surface area contributed by atoms with Gasteiger partial charge in [-0.25, -0.2) is 9.78 Å². The number of aryl methyl sites for hydroxylation is 1. The molecule has 2 rings (SSSR count). The number of hydrogen-bond acceptors (Lipinski definition) is 3. The minimum atomic E-state index is -0.118. The van der Waals surface area contributed by atoms with Gasteiger partial charge in [0.2, 0.25) is 5.82 Å². The van der Waals surface area contributed by atoms with Crippen molar-refractivity contribution in [3.05, 3.63) is 40.4 Å². The van der Waals surface area contributed by atoms with E-state index in [9.17, 15) is 4.79 Å². The van der Waals surface area contributed by atoms with E-state index in [1.165, 1.54) is 4.68 Å². The van der Waals surface area contributed by atoms with E-state index < -0.39 is 0 Å². The Morgan fingerprint density at radius 2 is 2.11 bits per heavy atom. The zero-order chi connectivity index (χ0) is 13.8. The van der Waals surface area contributed by atoms with Crippen molar-refractivity contribution in [1.29, 1.82) is 0 Å². The first-order valence-electron chi connectivity index (χ1n) is 6.37. The molecule has 1 aromatic heterocycles. The molecule has 1 heterocycles. The Morgan fingerprint density at radius 3 is 2.79 bits per heavy atom. The van der Waals surface area contributed by atoms with Gasteiger partial charge in [0, 0.05) is 6.92 Å². The number of para-hydroxylation sites is 1. The van der Waals surface area contributed by atoms with E-state index in [-0.39, 0.29) is 5.56 Å². The molecular formula is C13H18N5O+. The Hall–Kier alpha value is -2.24. The van der Waals surface area contributed by atoms with Gasteiger partial charge in [-0.1, -0.05) is 27.2 Å². The van der Waals surface area contributed by atoms with E-state index in [1.807, 2.05) is 32.0 Å². The normalized spacial score (nSPS) is 11.8. The number of nitrogens with zero attached hydrogens (tertiary/aromatic N) is 4. The lowest BCUT2D eigenvalue weighted by molar-refractivity contribution is -0.576. The summed E-state index contributed by atoms with van der Waals surface area (Å²) in [5.41, 5.74) is 3.56. The largest absolute Gasteiger partial charge is 0.367 e. The molecule has 0 saturated carbocycles. The lowest BCUT2D eigenvalue weighted by atomic mass is 10.2. The molecule has 0 fully saturated rings. The highest BCUT2D eigenvalue weighted by Gasteiger charge is 2.14. The Bertz CT molecular complexity index is 674. The fourth-order valence-corrected chi connectivity index (χ4v) is 1.85. The standard InChI is InChI=1S/C13H18N5O/c1-4-14-17(5-2)16-18-10(3)15-12-9-7-6-8-11(12)13(18)19/h6-9H,4-5H2,1-3H3,(H,14,16)/q+1. The summed E-state index contributed by atoms with van der Waals surface area (Å²) >= 11 is 0. The molecule has 0 aliphatic rings. The van der Waals surface area contributed by atoms with Gasteiger partial charge in [-0.05, 0) is 26.0 Å². The van der Waals surface area contributed by atoms with Gasteiger partial charge < -0.3 is 0 Å². The van der Waals surface area contributed by atoms with Crippen molar-refractivity contribution in [2.75, 3.05) is 18.6 Å². The van der Waals surface area contributed by atoms with Crippen LogP contribution in [0.2, 0.25) is 0 Å². The molecule has 6 nitrogen and oxygen atoms in total. The zero-order valence-electron chi connectivity index (χ0n) is 11.4. The highest BCUT2D eigenvalue weighted by Crippen LogP contribution is 2.06. The quantitative estimate of drug-likeness (QED) is 0.516. The van der Waals surface area contributed by atoms with Gasteiger partial charge in [0.05, 0.1) is 17.4 Å². The third kappa shape index (κ3) is 2.62. The van der Waals surface area contributed by atoms with Crippen molar-refractivity contribution in [2.24, 2.45) is 5.11 Å². The molecule has 100 valence electrons. The summed E-state index contributed by atoms with van der Waals surface area (Å²) in [6, 6.07) is 7.31. The van der Waals surface area contributed by atoms with Crippen molar-refractivity contribution in [2.45, 2.75) is 20.8 Å². The molecule has 19 heavy (non-hydrogen) atoms. The van der Waals surface area contributed by atoms with Gasteiger partial charge in [0.25, 0.3) is 0 Å². The van der Waals surface area contributed by atoms with Gasteiger partial charge in [-0.2, -0.15) is 0 Å². The molecule has 0 atom stereocenters. The molecule has 0 saturated heterocycles. The van der Waals surface area contributed by atoms with Crippen molar-refractivity contribution < 1.29 is 4.81 Å². The monoisotopic (exact) mass is 260 g/mol. The molecular weight excluding hydrogens is 242 g/mol. The third-order valence-electron chi connectivity index (χ3n) is 2.77. The van der Waals surface area contributed by atoms with Crippen molar-refractivity contribution in [3.63, 3.8) is 0 Å². The van der Waals surface area contributed by atoms with Crippen LogP contribution in [0.4, 0.5) is 0 Å². The molecule has 0 spiro atoms. The number of benzene rings is 1. The number of rotatable bonds is 4. The van der Waals surface area contributed by atoms with E-state index in [0.29, 0.717) is 29.8 Å². The van der Waals surface area contributed by atoms with Crippen LogP contribution >= 0.6 is 0 Å². The van der Waals surface area contributed by atoms with Crippen LogP contribution in [0.25, 0.3) is 10.9 Å². The molecule has 0 aliphatic heterocycles. The predicted molar refractivity (Wildman–Crippen MR) is 73.9 cm³/mol. The summed E-state index contributed by atoms with van der Waals surface area (Å²) in [4.78, 5) is 18.4. The van der Waals surface area contributed by atoms with Crippen LogP contribution in [0.1, 0.15) is 19.7 Å². The number of hydrazine groups is 1. The average molecular weight is 260 g/mol.